The van der Waals surface area contributed by atoms with Gasteiger partial charge in [0.2, 0.25) is 0 Å². The van der Waals surface area contributed by atoms with Crippen molar-refractivity contribution in [2.45, 2.75) is 6.92 Å². The van der Waals surface area contributed by atoms with Crippen molar-refractivity contribution in [3.8, 4) is 17.4 Å². The maximum absolute atomic E-state index is 12.2. The van der Waals surface area contributed by atoms with Crippen LogP contribution in [0.2, 0.25) is 0 Å². The number of nitriles is 1. The molecule has 0 radical (unpaired) electrons. The molecule has 1 aromatic heterocycles. The van der Waals surface area contributed by atoms with E-state index in [0.717, 1.165) is 11.3 Å². The summed E-state index contributed by atoms with van der Waals surface area (Å²) in [6.07, 6.45) is 1.51. The molecule has 4 rings (SSSR count). The van der Waals surface area contributed by atoms with E-state index in [1.807, 2.05) is 60.7 Å². The van der Waals surface area contributed by atoms with Gasteiger partial charge >= 0.3 is 0 Å². The van der Waals surface area contributed by atoms with Crippen LogP contribution in [0.3, 0.4) is 0 Å². The quantitative estimate of drug-likeness (QED) is 0.362. The van der Waals surface area contributed by atoms with E-state index in [2.05, 4.69) is 15.5 Å². The minimum absolute atomic E-state index is 0.0853. The minimum atomic E-state index is -0.688. The van der Waals surface area contributed by atoms with Gasteiger partial charge in [0.15, 0.2) is 0 Å². The second-order valence-electron chi connectivity index (χ2n) is 6.74. The maximum Gasteiger partial charge on any atom is 0.269 e. The number of amides is 2. The Hall–Kier alpha value is -4.57. The predicted octanol–water partition coefficient (Wildman–Crippen LogP) is 5.24. The van der Waals surface area contributed by atoms with E-state index in [9.17, 15) is 9.59 Å². The van der Waals surface area contributed by atoms with E-state index in [-0.39, 0.29) is 11.1 Å². The molecule has 0 spiro atoms. The Morgan fingerprint density at radius 3 is 2.26 bits per heavy atom. The number of nitrogens with zero attached hydrogens (tertiary/aromatic N) is 3. The largest absolute Gasteiger partial charge is 0.457 e. The standard InChI is InChI=1S/C24H16N4O3/c1-15-20(23(29)26-24(30)21(15)14-25)13-19-11-12-22(31-19)16-7-9-18(10-8-16)28-27-17-5-3-2-4-6-17/h2-13H,1H3,(H,26,29,30)/b20-13+,28-27?. The topological polar surface area (TPSA) is 108 Å². The van der Waals surface area contributed by atoms with Gasteiger partial charge in [-0.05, 0) is 67.1 Å². The Labute approximate surface area is 178 Å². The van der Waals surface area contributed by atoms with Gasteiger partial charge < -0.3 is 4.42 Å². The van der Waals surface area contributed by atoms with Crippen LogP contribution in [-0.4, -0.2) is 11.8 Å². The van der Waals surface area contributed by atoms with Crippen LogP contribution in [-0.2, 0) is 9.59 Å². The fourth-order valence-electron chi connectivity index (χ4n) is 3.05. The first kappa shape index (κ1) is 19.7. The highest BCUT2D eigenvalue weighted by molar-refractivity contribution is 6.19. The Kier molecular flexibility index (Phi) is 5.37. The van der Waals surface area contributed by atoms with Gasteiger partial charge in [0.25, 0.3) is 11.8 Å². The molecule has 0 saturated carbocycles. The molecule has 0 fully saturated rings. The molecule has 0 aliphatic carbocycles. The molecule has 2 amide bonds. The van der Waals surface area contributed by atoms with Gasteiger partial charge in [-0.2, -0.15) is 15.5 Å². The van der Waals surface area contributed by atoms with Crippen LogP contribution in [0, 0.1) is 11.3 Å². The number of rotatable bonds is 4. The summed E-state index contributed by atoms with van der Waals surface area (Å²) in [4.78, 5) is 23.9. The highest BCUT2D eigenvalue weighted by Crippen LogP contribution is 2.28. The lowest BCUT2D eigenvalue weighted by molar-refractivity contribution is -0.126. The van der Waals surface area contributed by atoms with Crippen LogP contribution in [0.25, 0.3) is 17.4 Å². The third-order valence-corrected chi connectivity index (χ3v) is 4.69. The molecule has 2 heterocycles. The second kappa shape index (κ2) is 8.43. The summed E-state index contributed by atoms with van der Waals surface area (Å²) in [5.41, 5.74) is 2.76. The summed E-state index contributed by atoms with van der Waals surface area (Å²) >= 11 is 0. The number of carbonyl (C=O) groups is 2. The lowest BCUT2D eigenvalue weighted by Crippen LogP contribution is -2.37. The van der Waals surface area contributed by atoms with Crippen LogP contribution < -0.4 is 5.32 Å². The zero-order valence-electron chi connectivity index (χ0n) is 16.5. The van der Waals surface area contributed by atoms with Crippen LogP contribution in [0.1, 0.15) is 12.7 Å². The van der Waals surface area contributed by atoms with E-state index in [1.54, 1.807) is 19.1 Å². The number of imide groups is 1. The van der Waals surface area contributed by atoms with E-state index in [4.69, 9.17) is 9.68 Å². The lowest BCUT2D eigenvalue weighted by Gasteiger charge is -2.15. The molecule has 150 valence electrons. The van der Waals surface area contributed by atoms with Gasteiger partial charge in [-0.3, -0.25) is 14.9 Å². The number of carbonyl (C=O) groups excluding carboxylic acids is 2. The number of furan rings is 1. The van der Waals surface area contributed by atoms with E-state index < -0.39 is 11.8 Å². The molecule has 0 bridgehead atoms. The zero-order valence-corrected chi connectivity index (χ0v) is 16.5. The van der Waals surface area contributed by atoms with Gasteiger partial charge in [0.1, 0.15) is 23.2 Å². The van der Waals surface area contributed by atoms with Crippen LogP contribution in [0.4, 0.5) is 11.4 Å². The molecule has 7 nitrogen and oxygen atoms in total. The van der Waals surface area contributed by atoms with Crippen molar-refractivity contribution in [3.63, 3.8) is 0 Å². The summed E-state index contributed by atoms with van der Waals surface area (Å²) in [5, 5.41) is 19.7. The molecule has 1 aliphatic rings. The molecule has 3 aromatic rings. The van der Waals surface area contributed by atoms with Gasteiger partial charge in [-0.25, -0.2) is 0 Å². The summed E-state index contributed by atoms with van der Waals surface area (Å²) in [6, 6.07) is 22.2. The Balaban J connectivity index is 1.55. The normalized spacial score (nSPS) is 15.4. The molecule has 7 heteroatoms. The molecule has 0 saturated heterocycles. The second-order valence-corrected chi connectivity index (χ2v) is 6.74. The first-order valence-electron chi connectivity index (χ1n) is 9.41. The van der Waals surface area contributed by atoms with E-state index >= 15 is 0 Å². The van der Waals surface area contributed by atoms with Crippen LogP contribution >= 0.6 is 0 Å². The fraction of sp³-hybridized carbons (Fsp3) is 0.0417. The molecule has 31 heavy (non-hydrogen) atoms. The monoisotopic (exact) mass is 408 g/mol. The minimum Gasteiger partial charge on any atom is -0.457 e. The van der Waals surface area contributed by atoms with Crippen LogP contribution in [0.15, 0.2) is 98.1 Å². The molecule has 2 aromatic carbocycles. The first-order chi connectivity index (χ1) is 15.0. The number of hydrogen-bond donors (Lipinski definition) is 1. The zero-order chi connectivity index (χ0) is 21.8. The Morgan fingerprint density at radius 1 is 0.903 bits per heavy atom. The number of hydrogen-bond acceptors (Lipinski definition) is 6. The highest BCUT2D eigenvalue weighted by Gasteiger charge is 2.27. The highest BCUT2D eigenvalue weighted by atomic mass is 16.3. The van der Waals surface area contributed by atoms with E-state index in [1.165, 1.54) is 6.08 Å². The molecule has 1 N–H and O–H groups in total. The predicted molar refractivity (Wildman–Crippen MR) is 114 cm³/mol. The molecular formula is C24H16N4O3. The Morgan fingerprint density at radius 2 is 1.58 bits per heavy atom. The number of azo groups is 1. The molecular weight excluding hydrogens is 392 g/mol. The first-order valence-corrected chi connectivity index (χ1v) is 9.41. The van der Waals surface area contributed by atoms with Crippen molar-refractivity contribution in [2.24, 2.45) is 10.2 Å². The van der Waals surface area contributed by atoms with Crippen molar-refractivity contribution >= 4 is 29.3 Å². The Bertz CT molecular complexity index is 1290. The summed E-state index contributed by atoms with van der Waals surface area (Å²) < 4.78 is 5.83. The van der Waals surface area contributed by atoms with Gasteiger partial charge in [-0.1, -0.05) is 18.2 Å². The van der Waals surface area contributed by atoms with Crippen LogP contribution in [0.5, 0.6) is 0 Å². The van der Waals surface area contributed by atoms with Crippen molar-refractivity contribution in [2.75, 3.05) is 0 Å². The molecule has 0 atom stereocenters. The van der Waals surface area contributed by atoms with Crippen molar-refractivity contribution in [3.05, 3.63) is 89.2 Å². The maximum atomic E-state index is 12.2. The van der Waals surface area contributed by atoms with E-state index in [0.29, 0.717) is 22.8 Å². The van der Waals surface area contributed by atoms with Crippen molar-refractivity contribution < 1.29 is 14.0 Å². The lowest BCUT2D eigenvalue weighted by atomic mass is 9.96. The summed E-state index contributed by atoms with van der Waals surface area (Å²) in [5.74, 6) is -0.217. The summed E-state index contributed by atoms with van der Waals surface area (Å²) in [6.45, 7) is 1.56. The van der Waals surface area contributed by atoms with Gasteiger partial charge in [-0.15, -0.1) is 0 Å². The SMILES string of the molecule is CC1=C(C#N)C(=O)NC(=O)/C1=C/c1ccc(-c2ccc(N=Nc3ccccc3)cc2)o1. The summed E-state index contributed by atoms with van der Waals surface area (Å²) in [7, 11) is 0. The average Bonchev–Trinajstić information content (AvgIpc) is 3.25. The third-order valence-electron chi connectivity index (χ3n) is 4.69. The third kappa shape index (κ3) is 4.23. The number of benzene rings is 2. The molecule has 0 unspecified atom stereocenters. The van der Waals surface area contributed by atoms with Gasteiger partial charge in [0.05, 0.1) is 11.4 Å². The van der Waals surface area contributed by atoms with Crippen molar-refractivity contribution in [1.82, 2.24) is 5.32 Å². The fourth-order valence-corrected chi connectivity index (χ4v) is 3.05. The molecule has 1 aliphatic heterocycles. The van der Waals surface area contributed by atoms with Crippen molar-refractivity contribution in [1.29, 1.82) is 5.26 Å². The smallest absolute Gasteiger partial charge is 0.269 e. The number of nitrogens with one attached hydrogen (secondary N) is 1. The average molecular weight is 408 g/mol. The van der Waals surface area contributed by atoms with Gasteiger partial charge in [0, 0.05) is 11.1 Å².